The number of carbonyl (C=O) groups excluding carboxylic acids is 2. The van der Waals surface area contributed by atoms with Gasteiger partial charge in [0.15, 0.2) is 0 Å². The fraction of sp³-hybridized carbons (Fsp3) is 0.400. The first-order chi connectivity index (χ1) is 10.4. The van der Waals surface area contributed by atoms with Gasteiger partial charge < -0.3 is 20.3 Å². The molecule has 3 N–H and O–H groups in total. The van der Waals surface area contributed by atoms with Crippen molar-refractivity contribution in [1.29, 1.82) is 0 Å². The zero-order valence-corrected chi connectivity index (χ0v) is 12.2. The monoisotopic (exact) mass is 309 g/mol. The number of amides is 1. The number of nitrogens with one attached hydrogen (secondary N) is 1. The summed E-state index contributed by atoms with van der Waals surface area (Å²) in [5.41, 5.74) is -1.73. The largest absolute Gasteiger partial charge is 0.481 e. The highest BCUT2D eigenvalue weighted by Gasteiger charge is 2.39. The Morgan fingerprint density at radius 1 is 1.18 bits per heavy atom. The van der Waals surface area contributed by atoms with Gasteiger partial charge in [0.1, 0.15) is 0 Å². The molecule has 0 saturated carbocycles. The van der Waals surface area contributed by atoms with Crippen molar-refractivity contribution >= 4 is 17.8 Å². The molecule has 120 valence electrons. The smallest absolute Gasteiger partial charge is 0.344 e. The number of aliphatic hydroxyl groups is 1. The summed E-state index contributed by atoms with van der Waals surface area (Å²) in [6.45, 7) is 1.30. The van der Waals surface area contributed by atoms with Crippen molar-refractivity contribution in [3.8, 4) is 0 Å². The van der Waals surface area contributed by atoms with Crippen LogP contribution in [0.25, 0.3) is 0 Å². The highest BCUT2D eigenvalue weighted by molar-refractivity contribution is 5.84. The molecule has 22 heavy (non-hydrogen) atoms. The fourth-order valence-electron chi connectivity index (χ4n) is 1.79. The number of carbonyl (C=O) groups is 3. The van der Waals surface area contributed by atoms with E-state index in [9.17, 15) is 19.5 Å². The van der Waals surface area contributed by atoms with Crippen molar-refractivity contribution in [2.24, 2.45) is 0 Å². The van der Waals surface area contributed by atoms with Crippen LogP contribution in [-0.2, 0) is 24.7 Å². The van der Waals surface area contributed by atoms with E-state index in [-0.39, 0.29) is 25.0 Å². The minimum atomic E-state index is -2.02. The van der Waals surface area contributed by atoms with Gasteiger partial charge in [0.25, 0.3) is 0 Å². The Morgan fingerprint density at radius 2 is 1.82 bits per heavy atom. The standard InChI is InChI=1S/C15H19NO6/c1-2-22-14(20)15(21,11-6-4-3-5-7-11)10-16-12(17)8-9-13(18)19/h3-7,21H,2,8-10H2,1H3,(H,16,17)(H,18,19). The van der Waals surface area contributed by atoms with Gasteiger partial charge in [-0.1, -0.05) is 30.3 Å². The van der Waals surface area contributed by atoms with Gasteiger partial charge in [0, 0.05) is 6.42 Å². The van der Waals surface area contributed by atoms with Gasteiger partial charge in [0.2, 0.25) is 11.5 Å². The van der Waals surface area contributed by atoms with Crippen LogP contribution in [0.15, 0.2) is 30.3 Å². The van der Waals surface area contributed by atoms with Crippen molar-refractivity contribution < 1.29 is 29.3 Å². The lowest BCUT2D eigenvalue weighted by Gasteiger charge is -2.26. The van der Waals surface area contributed by atoms with E-state index in [0.717, 1.165) is 0 Å². The number of rotatable bonds is 8. The summed E-state index contributed by atoms with van der Waals surface area (Å²) >= 11 is 0. The number of ether oxygens (including phenoxy) is 1. The Kier molecular flexibility index (Phi) is 6.52. The zero-order valence-electron chi connectivity index (χ0n) is 12.2. The van der Waals surface area contributed by atoms with Gasteiger partial charge in [-0.15, -0.1) is 0 Å². The lowest BCUT2D eigenvalue weighted by molar-refractivity contribution is -0.166. The van der Waals surface area contributed by atoms with Crippen molar-refractivity contribution in [3.63, 3.8) is 0 Å². The lowest BCUT2D eigenvalue weighted by atomic mass is 9.93. The van der Waals surface area contributed by atoms with E-state index in [1.54, 1.807) is 37.3 Å². The molecule has 7 nitrogen and oxygen atoms in total. The number of aliphatic carboxylic acids is 1. The number of benzene rings is 1. The summed E-state index contributed by atoms with van der Waals surface area (Å²) in [6, 6.07) is 8.10. The predicted octanol–water partition coefficient (Wildman–Crippen LogP) is 0.418. The molecule has 0 heterocycles. The molecule has 0 saturated heterocycles. The van der Waals surface area contributed by atoms with E-state index >= 15 is 0 Å². The Hall–Kier alpha value is -2.41. The van der Waals surface area contributed by atoms with Gasteiger partial charge >= 0.3 is 11.9 Å². The van der Waals surface area contributed by atoms with Gasteiger partial charge in [0.05, 0.1) is 19.6 Å². The van der Waals surface area contributed by atoms with E-state index in [4.69, 9.17) is 9.84 Å². The Morgan fingerprint density at radius 3 is 2.36 bits per heavy atom. The normalized spacial score (nSPS) is 13.0. The van der Waals surface area contributed by atoms with Gasteiger partial charge in [-0.25, -0.2) is 4.79 Å². The van der Waals surface area contributed by atoms with E-state index in [0.29, 0.717) is 0 Å². The third-order valence-electron chi connectivity index (χ3n) is 2.97. The predicted molar refractivity (Wildman–Crippen MR) is 76.9 cm³/mol. The summed E-state index contributed by atoms with van der Waals surface area (Å²) in [4.78, 5) is 34.0. The third kappa shape index (κ3) is 4.85. The van der Waals surface area contributed by atoms with Crippen molar-refractivity contribution in [2.45, 2.75) is 25.4 Å². The average Bonchev–Trinajstić information content (AvgIpc) is 2.51. The number of carboxylic acids is 1. The van der Waals surface area contributed by atoms with Crippen LogP contribution in [0, 0.1) is 0 Å². The highest BCUT2D eigenvalue weighted by Crippen LogP contribution is 2.22. The summed E-state index contributed by atoms with van der Waals surface area (Å²) in [5, 5.41) is 21.5. The maximum atomic E-state index is 12.0. The van der Waals surface area contributed by atoms with Crippen LogP contribution in [0.5, 0.6) is 0 Å². The minimum Gasteiger partial charge on any atom is -0.481 e. The number of carboxylic acid groups (broad SMARTS) is 1. The third-order valence-corrected chi connectivity index (χ3v) is 2.97. The molecule has 1 rings (SSSR count). The topological polar surface area (TPSA) is 113 Å². The Balaban J connectivity index is 2.82. The molecular formula is C15H19NO6. The van der Waals surface area contributed by atoms with Crippen LogP contribution in [0.2, 0.25) is 0 Å². The van der Waals surface area contributed by atoms with Gasteiger partial charge in [-0.05, 0) is 12.5 Å². The first-order valence-electron chi connectivity index (χ1n) is 6.83. The molecule has 7 heteroatoms. The molecule has 0 spiro atoms. The fourth-order valence-corrected chi connectivity index (χ4v) is 1.79. The number of hydrogen-bond donors (Lipinski definition) is 3. The van der Waals surface area contributed by atoms with Crippen LogP contribution < -0.4 is 5.32 Å². The van der Waals surface area contributed by atoms with Crippen LogP contribution in [0.4, 0.5) is 0 Å². The van der Waals surface area contributed by atoms with E-state index < -0.39 is 30.0 Å². The first kappa shape index (κ1) is 17.6. The van der Waals surface area contributed by atoms with Gasteiger partial charge in [-0.3, -0.25) is 9.59 Å². The Labute approximate surface area is 127 Å². The van der Waals surface area contributed by atoms with Crippen molar-refractivity contribution in [3.05, 3.63) is 35.9 Å². The maximum Gasteiger partial charge on any atom is 0.344 e. The summed E-state index contributed by atoms with van der Waals surface area (Å²) in [7, 11) is 0. The van der Waals surface area contributed by atoms with Crippen LogP contribution in [-0.4, -0.2) is 41.2 Å². The quantitative estimate of drug-likeness (QED) is 0.600. The molecular weight excluding hydrogens is 290 g/mol. The molecule has 1 unspecified atom stereocenters. The van der Waals surface area contributed by atoms with Crippen LogP contribution in [0.1, 0.15) is 25.3 Å². The molecule has 1 aromatic rings. The first-order valence-corrected chi connectivity index (χ1v) is 6.83. The molecule has 0 aliphatic heterocycles. The zero-order chi connectivity index (χ0) is 16.6. The minimum absolute atomic E-state index is 0.0843. The molecule has 0 bridgehead atoms. The second kappa shape index (κ2) is 8.14. The Bertz CT molecular complexity index is 530. The summed E-state index contributed by atoms with van der Waals surface area (Å²) in [6.07, 6.45) is -0.558. The molecule has 1 aromatic carbocycles. The lowest BCUT2D eigenvalue weighted by Crippen LogP contribution is -2.47. The second-order valence-corrected chi connectivity index (χ2v) is 4.62. The molecule has 1 atom stereocenters. The molecule has 0 aliphatic carbocycles. The summed E-state index contributed by atoms with van der Waals surface area (Å²) < 4.78 is 4.86. The summed E-state index contributed by atoms with van der Waals surface area (Å²) in [5.74, 6) is -2.54. The van der Waals surface area contributed by atoms with Crippen molar-refractivity contribution in [1.82, 2.24) is 5.32 Å². The molecule has 0 aromatic heterocycles. The van der Waals surface area contributed by atoms with Gasteiger partial charge in [-0.2, -0.15) is 0 Å². The molecule has 0 radical (unpaired) electrons. The van der Waals surface area contributed by atoms with E-state index in [1.807, 2.05) is 0 Å². The van der Waals surface area contributed by atoms with Crippen LogP contribution >= 0.6 is 0 Å². The molecule has 0 aliphatic rings. The second-order valence-electron chi connectivity index (χ2n) is 4.62. The molecule has 1 amide bonds. The van der Waals surface area contributed by atoms with E-state index in [1.165, 1.54) is 0 Å². The highest BCUT2D eigenvalue weighted by atomic mass is 16.5. The van der Waals surface area contributed by atoms with Crippen molar-refractivity contribution in [2.75, 3.05) is 13.2 Å². The number of hydrogen-bond acceptors (Lipinski definition) is 5. The molecule has 0 fully saturated rings. The maximum absolute atomic E-state index is 12.0. The average molecular weight is 309 g/mol. The van der Waals surface area contributed by atoms with Crippen LogP contribution in [0.3, 0.4) is 0 Å². The number of esters is 1. The SMILES string of the molecule is CCOC(=O)C(O)(CNC(=O)CCC(=O)O)c1ccccc1. The van der Waals surface area contributed by atoms with E-state index in [2.05, 4.69) is 5.32 Å².